The van der Waals surface area contributed by atoms with Crippen molar-refractivity contribution in [3.63, 3.8) is 0 Å². The second kappa shape index (κ2) is 5.05. The Labute approximate surface area is 115 Å². The van der Waals surface area contributed by atoms with Crippen molar-refractivity contribution >= 4 is 17.7 Å². The highest BCUT2D eigenvalue weighted by Crippen LogP contribution is 2.35. The van der Waals surface area contributed by atoms with E-state index >= 15 is 0 Å². The molecule has 0 spiro atoms. The first-order chi connectivity index (χ1) is 9.22. The van der Waals surface area contributed by atoms with Crippen LogP contribution in [-0.2, 0) is 24.1 Å². The Bertz CT molecular complexity index is 640. The first kappa shape index (κ1) is 12.2. The van der Waals surface area contributed by atoms with E-state index in [1.165, 1.54) is 16.0 Å². The number of carbonyl (C=O) groups is 1. The lowest BCUT2D eigenvalue weighted by Gasteiger charge is -2.06. The molecule has 0 fully saturated rings. The van der Waals surface area contributed by atoms with Gasteiger partial charge in [0.25, 0.3) is 0 Å². The van der Waals surface area contributed by atoms with Crippen molar-refractivity contribution in [1.82, 2.24) is 4.98 Å². The molecule has 19 heavy (non-hydrogen) atoms. The van der Waals surface area contributed by atoms with Crippen LogP contribution in [0, 0.1) is 0 Å². The van der Waals surface area contributed by atoms with E-state index in [-0.39, 0.29) is 6.42 Å². The molecule has 0 bridgehead atoms. The van der Waals surface area contributed by atoms with Gasteiger partial charge >= 0.3 is 5.97 Å². The van der Waals surface area contributed by atoms with Gasteiger partial charge in [-0.2, -0.15) is 0 Å². The van der Waals surface area contributed by atoms with Crippen molar-refractivity contribution in [2.75, 3.05) is 0 Å². The van der Waals surface area contributed by atoms with E-state index in [9.17, 15) is 4.79 Å². The zero-order chi connectivity index (χ0) is 13.2. The molecule has 2 aromatic rings. The van der Waals surface area contributed by atoms with Gasteiger partial charge in [0, 0.05) is 11.1 Å². The summed E-state index contributed by atoms with van der Waals surface area (Å²) in [6, 6.07) is 10.0. The first-order valence-electron chi connectivity index (χ1n) is 6.18. The first-order valence-corrected chi connectivity index (χ1v) is 6.99. The van der Waals surface area contributed by atoms with Crippen molar-refractivity contribution in [2.45, 2.75) is 29.2 Å². The summed E-state index contributed by atoms with van der Waals surface area (Å²) in [4.78, 5) is 16.4. The van der Waals surface area contributed by atoms with Crippen LogP contribution < -0.4 is 0 Å². The number of pyridine rings is 1. The van der Waals surface area contributed by atoms with Crippen molar-refractivity contribution in [3.05, 3.63) is 53.2 Å². The van der Waals surface area contributed by atoms with E-state index < -0.39 is 5.97 Å². The molecule has 0 aliphatic carbocycles. The van der Waals surface area contributed by atoms with Gasteiger partial charge in [0.1, 0.15) is 5.03 Å². The number of aryl methyl sites for hydroxylation is 2. The lowest BCUT2D eigenvalue weighted by molar-refractivity contribution is -0.136. The van der Waals surface area contributed by atoms with Crippen LogP contribution in [0.25, 0.3) is 0 Å². The standard InChI is InChI=1S/C15H13NO2S/c17-14(18)9-10-3-6-13-12(8-10)5-4-11-2-1-7-16-15(11)19-13/h1-3,6-8H,4-5,9H2,(H,17,18). The van der Waals surface area contributed by atoms with Crippen LogP contribution in [-0.4, -0.2) is 16.1 Å². The predicted molar refractivity (Wildman–Crippen MR) is 73.5 cm³/mol. The van der Waals surface area contributed by atoms with Crippen LogP contribution in [0.2, 0.25) is 0 Å². The molecule has 0 atom stereocenters. The van der Waals surface area contributed by atoms with Crippen LogP contribution in [0.15, 0.2) is 46.5 Å². The summed E-state index contributed by atoms with van der Waals surface area (Å²) in [7, 11) is 0. The highest BCUT2D eigenvalue weighted by Gasteiger charge is 2.15. The Kier molecular flexibility index (Phi) is 3.25. The average molecular weight is 271 g/mol. The number of nitrogens with zero attached hydrogens (tertiary/aromatic N) is 1. The second-order valence-corrected chi connectivity index (χ2v) is 5.61. The van der Waals surface area contributed by atoms with Gasteiger partial charge in [0.15, 0.2) is 0 Å². The minimum atomic E-state index is -0.786. The molecule has 4 heteroatoms. The summed E-state index contributed by atoms with van der Waals surface area (Å²) in [6.45, 7) is 0. The van der Waals surface area contributed by atoms with E-state index in [1.807, 2.05) is 30.5 Å². The van der Waals surface area contributed by atoms with E-state index in [1.54, 1.807) is 11.8 Å². The summed E-state index contributed by atoms with van der Waals surface area (Å²) in [5.41, 5.74) is 3.36. The predicted octanol–water partition coefficient (Wildman–Crippen LogP) is 2.96. The Hall–Kier alpha value is -1.81. The van der Waals surface area contributed by atoms with E-state index in [0.29, 0.717) is 0 Å². The number of rotatable bonds is 2. The fraction of sp³-hybridized carbons (Fsp3) is 0.200. The largest absolute Gasteiger partial charge is 0.481 e. The minimum Gasteiger partial charge on any atom is -0.481 e. The van der Waals surface area contributed by atoms with E-state index in [4.69, 9.17) is 5.11 Å². The maximum atomic E-state index is 10.8. The van der Waals surface area contributed by atoms with Gasteiger partial charge in [0.05, 0.1) is 6.42 Å². The molecule has 1 aliphatic rings. The number of benzene rings is 1. The normalized spacial score (nSPS) is 13.3. The fourth-order valence-electron chi connectivity index (χ4n) is 2.29. The maximum Gasteiger partial charge on any atom is 0.307 e. The lowest BCUT2D eigenvalue weighted by Crippen LogP contribution is -2.01. The molecule has 3 rings (SSSR count). The Balaban J connectivity index is 1.95. The Morgan fingerprint density at radius 1 is 1.26 bits per heavy atom. The van der Waals surface area contributed by atoms with Gasteiger partial charge in [-0.25, -0.2) is 4.98 Å². The van der Waals surface area contributed by atoms with Gasteiger partial charge in [0.2, 0.25) is 0 Å². The Morgan fingerprint density at radius 3 is 2.95 bits per heavy atom. The van der Waals surface area contributed by atoms with Crippen molar-refractivity contribution in [1.29, 1.82) is 0 Å². The smallest absolute Gasteiger partial charge is 0.307 e. The number of aliphatic carboxylic acids is 1. The molecule has 0 unspecified atom stereocenters. The molecular formula is C15H13NO2S. The zero-order valence-corrected chi connectivity index (χ0v) is 11.1. The molecule has 1 N–H and O–H groups in total. The summed E-state index contributed by atoms with van der Waals surface area (Å²) < 4.78 is 0. The minimum absolute atomic E-state index is 0.0865. The topological polar surface area (TPSA) is 50.2 Å². The lowest BCUT2D eigenvalue weighted by atomic mass is 10.0. The third-order valence-corrected chi connectivity index (χ3v) is 4.38. The van der Waals surface area contributed by atoms with Gasteiger partial charge in [-0.1, -0.05) is 30.0 Å². The number of carboxylic acids is 1. The Morgan fingerprint density at radius 2 is 2.11 bits per heavy atom. The number of hydrogen-bond acceptors (Lipinski definition) is 3. The molecule has 1 aliphatic heterocycles. The molecular weight excluding hydrogens is 258 g/mol. The monoisotopic (exact) mass is 271 g/mol. The SMILES string of the molecule is O=C(O)Cc1ccc2c(c1)CCc1cccnc1S2. The van der Waals surface area contributed by atoms with Gasteiger partial charge in [-0.15, -0.1) is 0 Å². The third-order valence-electron chi connectivity index (χ3n) is 3.20. The number of aromatic nitrogens is 1. The van der Waals surface area contributed by atoms with Crippen molar-refractivity contribution in [2.24, 2.45) is 0 Å². The van der Waals surface area contributed by atoms with Gasteiger partial charge < -0.3 is 5.11 Å². The van der Waals surface area contributed by atoms with Crippen molar-refractivity contribution in [3.8, 4) is 0 Å². The van der Waals surface area contributed by atoms with Crippen molar-refractivity contribution < 1.29 is 9.90 Å². The third kappa shape index (κ3) is 2.63. The zero-order valence-electron chi connectivity index (χ0n) is 10.3. The van der Waals surface area contributed by atoms with Crippen LogP contribution in [0.4, 0.5) is 0 Å². The molecule has 0 saturated heterocycles. The molecule has 0 saturated carbocycles. The number of hydrogen-bond donors (Lipinski definition) is 1. The molecule has 3 nitrogen and oxygen atoms in total. The van der Waals surface area contributed by atoms with Crippen LogP contribution in [0.5, 0.6) is 0 Å². The summed E-state index contributed by atoms with van der Waals surface area (Å²) in [6.07, 6.45) is 3.80. The second-order valence-electron chi connectivity index (χ2n) is 4.58. The molecule has 0 radical (unpaired) electrons. The van der Waals surface area contributed by atoms with E-state index in [2.05, 4.69) is 11.1 Å². The summed E-state index contributed by atoms with van der Waals surface area (Å²) in [5, 5.41) is 9.92. The summed E-state index contributed by atoms with van der Waals surface area (Å²) >= 11 is 1.67. The van der Waals surface area contributed by atoms with Crippen LogP contribution in [0.3, 0.4) is 0 Å². The van der Waals surface area contributed by atoms with Crippen LogP contribution >= 0.6 is 11.8 Å². The fourth-order valence-corrected chi connectivity index (χ4v) is 3.34. The number of fused-ring (bicyclic) bond motifs is 2. The highest BCUT2D eigenvalue weighted by atomic mass is 32.2. The van der Waals surface area contributed by atoms with Gasteiger partial charge in [-0.3, -0.25) is 4.79 Å². The molecule has 1 aromatic carbocycles. The number of carboxylic acid groups (broad SMARTS) is 1. The maximum absolute atomic E-state index is 10.8. The quantitative estimate of drug-likeness (QED) is 0.912. The summed E-state index contributed by atoms with van der Waals surface area (Å²) in [5.74, 6) is -0.786. The molecule has 2 heterocycles. The molecule has 96 valence electrons. The highest BCUT2D eigenvalue weighted by molar-refractivity contribution is 7.99. The molecule has 1 aromatic heterocycles. The van der Waals surface area contributed by atoms with Crippen LogP contribution in [0.1, 0.15) is 16.7 Å². The molecule has 0 amide bonds. The van der Waals surface area contributed by atoms with E-state index in [0.717, 1.165) is 23.4 Å². The average Bonchev–Trinajstić information content (AvgIpc) is 2.57. The van der Waals surface area contributed by atoms with Gasteiger partial charge in [-0.05, 0) is 41.7 Å².